The minimum absolute atomic E-state index is 0.218. The molecule has 0 amide bonds. The Morgan fingerprint density at radius 1 is 1.43 bits per heavy atom. The van der Waals surface area contributed by atoms with E-state index >= 15 is 0 Å². The Labute approximate surface area is 79.2 Å². The number of rotatable bonds is 1. The van der Waals surface area contributed by atoms with Crippen LogP contribution in [-0.4, -0.2) is 25.6 Å². The van der Waals surface area contributed by atoms with Crippen LogP contribution in [0.15, 0.2) is 6.07 Å². The van der Waals surface area contributed by atoms with Crippen LogP contribution in [0.4, 0.5) is 0 Å². The van der Waals surface area contributed by atoms with Gasteiger partial charge in [-0.25, -0.2) is 4.98 Å². The Balaban J connectivity index is 2.85. The van der Waals surface area contributed by atoms with Gasteiger partial charge in [-0.3, -0.25) is 4.40 Å². The third-order valence-electron chi connectivity index (χ3n) is 1.88. The van der Waals surface area contributed by atoms with Crippen molar-refractivity contribution in [3.05, 3.63) is 23.3 Å². The van der Waals surface area contributed by atoms with Crippen LogP contribution in [0.2, 0.25) is 0 Å². The van der Waals surface area contributed by atoms with E-state index in [1.54, 1.807) is 19.9 Å². The van der Waals surface area contributed by atoms with E-state index in [4.69, 9.17) is 0 Å². The standard InChI is InChI=1S/C8H8N4O2/c1-4-3-5(2)12-6(7(13)14)10-11-8(12)9-4/h3H,1-2H3,(H,13,14)/p-1. The highest BCUT2D eigenvalue weighted by Crippen LogP contribution is 2.06. The summed E-state index contributed by atoms with van der Waals surface area (Å²) in [4.78, 5) is 14.7. The Hall–Kier alpha value is -1.98. The zero-order valence-electron chi connectivity index (χ0n) is 7.68. The minimum Gasteiger partial charge on any atom is -0.541 e. The number of hydrogen-bond donors (Lipinski definition) is 0. The van der Waals surface area contributed by atoms with Crippen LogP contribution in [0.25, 0.3) is 5.78 Å². The molecule has 0 aliphatic carbocycles. The monoisotopic (exact) mass is 191 g/mol. The van der Waals surface area contributed by atoms with Gasteiger partial charge < -0.3 is 9.90 Å². The quantitative estimate of drug-likeness (QED) is 0.583. The molecule has 0 saturated carbocycles. The number of carboxylic acid groups (broad SMARTS) is 1. The summed E-state index contributed by atoms with van der Waals surface area (Å²) in [5.41, 5.74) is 1.49. The van der Waals surface area contributed by atoms with Gasteiger partial charge in [-0.2, -0.15) is 0 Å². The third-order valence-corrected chi connectivity index (χ3v) is 1.88. The molecular weight excluding hydrogens is 184 g/mol. The molecule has 0 bridgehead atoms. The molecule has 2 heterocycles. The van der Waals surface area contributed by atoms with Crippen molar-refractivity contribution in [1.82, 2.24) is 19.6 Å². The summed E-state index contributed by atoms with van der Waals surface area (Å²) in [5, 5.41) is 17.8. The molecule has 2 aromatic rings. The first-order chi connectivity index (χ1) is 6.59. The maximum Gasteiger partial charge on any atom is 0.255 e. The van der Waals surface area contributed by atoms with Gasteiger partial charge in [0.25, 0.3) is 5.78 Å². The lowest BCUT2D eigenvalue weighted by atomic mass is 10.3. The fourth-order valence-electron chi connectivity index (χ4n) is 1.36. The molecule has 2 aromatic heterocycles. The zero-order valence-corrected chi connectivity index (χ0v) is 7.68. The Morgan fingerprint density at radius 3 is 2.79 bits per heavy atom. The predicted octanol–water partition coefficient (Wildman–Crippen LogP) is -0.895. The lowest BCUT2D eigenvalue weighted by Gasteiger charge is -2.03. The number of aryl methyl sites for hydroxylation is 2. The molecule has 2 rings (SSSR count). The lowest BCUT2D eigenvalue weighted by Crippen LogP contribution is -2.25. The second-order valence-electron chi connectivity index (χ2n) is 2.99. The van der Waals surface area contributed by atoms with Crippen molar-refractivity contribution in [2.75, 3.05) is 0 Å². The average molecular weight is 191 g/mol. The van der Waals surface area contributed by atoms with Gasteiger partial charge in [-0.15, -0.1) is 10.2 Å². The highest BCUT2D eigenvalue weighted by molar-refractivity contribution is 5.82. The number of nitrogens with zero attached hydrogens (tertiary/aromatic N) is 4. The molecule has 6 nitrogen and oxygen atoms in total. The van der Waals surface area contributed by atoms with Crippen molar-refractivity contribution in [3.63, 3.8) is 0 Å². The van der Waals surface area contributed by atoms with Crippen LogP contribution >= 0.6 is 0 Å². The predicted molar refractivity (Wildman–Crippen MR) is 44.6 cm³/mol. The number of fused-ring (bicyclic) bond motifs is 1. The first kappa shape index (κ1) is 8.61. The van der Waals surface area contributed by atoms with Crippen LogP contribution in [-0.2, 0) is 0 Å². The highest BCUT2D eigenvalue weighted by Gasteiger charge is 2.09. The van der Waals surface area contributed by atoms with E-state index in [2.05, 4.69) is 15.2 Å². The average Bonchev–Trinajstić information content (AvgIpc) is 2.47. The van der Waals surface area contributed by atoms with Gasteiger partial charge in [0, 0.05) is 11.4 Å². The van der Waals surface area contributed by atoms with Crippen LogP contribution < -0.4 is 5.11 Å². The first-order valence-electron chi connectivity index (χ1n) is 4.00. The van der Waals surface area contributed by atoms with Gasteiger partial charge in [-0.1, -0.05) is 0 Å². The fraction of sp³-hybridized carbons (Fsp3) is 0.250. The Bertz CT molecular complexity index is 517. The smallest absolute Gasteiger partial charge is 0.255 e. The molecule has 0 radical (unpaired) electrons. The highest BCUT2D eigenvalue weighted by atomic mass is 16.4. The van der Waals surface area contributed by atoms with Crippen molar-refractivity contribution in [2.45, 2.75) is 13.8 Å². The number of aromatic carboxylic acids is 1. The molecule has 0 aliphatic heterocycles. The molecule has 0 N–H and O–H groups in total. The molecular formula is C8H7N4O2-. The zero-order chi connectivity index (χ0) is 10.3. The summed E-state index contributed by atoms with van der Waals surface area (Å²) in [7, 11) is 0. The molecule has 0 aliphatic rings. The van der Waals surface area contributed by atoms with E-state index in [1.807, 2.05) is 0 Å². The summed E-state index contributed by atoms with van der Waals surface area (Å²) < 4.78 is 1.35. The number of aromatic nitrogens is 4. The molecule has 0 aromatic carbocycles. The largest absolute Gasteiger partial charge is 0.541 e. The molecule has 0 fully saturated rings. The van der Waals surface area contributed by atoms with Gasteiger partial charge in [-0.05, 0) is 19.9 Å². The van der Waals surface area contributed by atoms with Crippen molar-refractivity contribution in [1.29, 1.82) is 0 Å². The van der Waals surface area contributed by atoms with Crippen LogP contribution in [0.3, 0.4) is 0 Å². The molecule has 6 heteroatoms. The molecule has 0 unspecified atom stereocenters. The second kappa shape index (κ2) is 2.76. The van der Waals surface area contributed by atoms with Gasteiger partial charge >= 0.3 is 0 Å². The summed E-state index contributed by atoms with van der Waals surface area (Å²) in [6.07, 6.45) is 0. The number of carboxylic acids is 1. The van der Waals surface area contributed by atoms with E-state index < -0.39 is 5.97 Å². The van der Waals surface area contributed by atoms with Crippen LogP contribution in [0, 0.1) is 13.8 Å². The molecule has 0 spiro atoms. The lowest BCUT2D eigenvalue weighted by molar-refractivity contribution is -0.256. The topological polar surface area (TPSA) is 83.2 Å². The van der Waals surface area contributed by atoms with Gasteiger partial charge in [0.15, 0.2) is 5.82 Å². The Morgan fingerprint density at radius 2 is 2.14 bits per heavy atom. The summed E-state index contributed by atoms with van der Waals surface area (Å²) in [6.45, 7) is 3.57. The number of carbonyl (C=O) groups is 1. The summed E-state index contributed by atoms with van der Waals surface area (Å²) >= 11 is 0. The number of hydrogen-bond acceptors (Lipinski definition) is 5. The van der Waals surface area contributed by atoms with Gasteiger partial charge in [0.2, 0.25) is 0 Å². The number of carbonyl (C=O) groups excluding carboxylic acids is 1. The molecule has 0 atom stereocenters. The molecule has 72 valence electrons. The van der Waals surface area contributed by atoms with E-state index in [1.165, 1.54) is 4.40 Å². The van der Waals surface area contributed by atoms with Crippen LogP contribution in [0.5, 0.6) is 0 Å². The normalized spacial score (nSPS) is 10.7. The second-order valence-corrected chi connectivity index (χ2v) is 2.99. The maximum atomic E-state index is 10.7. The third kappa shape index (κ3) is 1.12. The summed E-state index contributed by atoms with van der Waals surface area (Å²) in [5.74, 6) is -1.29. The van der Waals surface area contributed by atoms with Crippen molar-refractivity contribution in [3.8, 4) is 0 Å². The van der Waals surface area contributed by atoms with E-state index in [0.717, 1.165) is 11.4 Å². The fourth-order valence-corrected chi connectivity index (χ4v) is 1.36. The summed E-state index contributed by atoms with van der Waals surface area (Å²) in [6, 6.07) is 1.75. The maximum absolute atomic E-state index is 10.7. The first-order valence-corrected chi connectivity index (χ1v) is 4.00. The molecule has 14 heavy (non-hydrogen) atoms. The Kier molecular flexibility index (Phi) is 1.70. The van der Waals surface area contributed by atoms with Gasteiger partial charge in [0.1, 0.15) is 5.97 Å². The van der Waals surface area contributed by atoms with Crippen molar-refractivity contribution < 1.29 is 9.90 Å². The van der Waals surface area contributed by atoms with E-state index in [-0.39, 0.29) is 11.6 Å². The van der Waals surface area contributed by atoms with Crippen molar-refractivity contribution >= 4 is 11.7 Å². The van der Waals surface area contributed by atoms with Crippen molar-refractivity contribution in [2.24, 2.45) is 0 Å². The van der Waals surface area contributed by atoms with Gasteiger partial charge in [0.05, 0.1) is 0 Å². The SMILES string of the molecule is Cc1cc(C)n2c(C(=O)[O-])nnc2n1. The van der Waals surface area contributed by atoms with E-state index in [9.17, 15) is 9.90 Å². The van der Waals surface area contributed by atoms with E-state index in [0.29, 0.717) is 0 Å². The minimum atomic E-state index is -1.36. The van der Waals surface area contributed by atoms with Crippen LogP contribution in [0.1, 0.15) is 22.0 Å². The molecule has 0 saturated heterocycles.